The third-order valence-electron chi connectivity index (χ3n) is 4.64. The number of amides is 1. The van der Waals surface area contributed by atoms with Gasteiger partial charge in [0.25, 0.3) is 5.91 Å². The maximum Gasteiger partial charge on any atom is 0.266 e. The van der Waals surface area contributed by atoms with Gasteiger partial charge >= 0.3 is 0 Å². The van der Waals surface area contributed by atoms with E-state index in [0.29, 0.717) is 38.7 Å². The van der Waals surface area contributed by atoms with Crippen LogP contribution in [0.25, 0.3) is 21.8 Å². The van der Waals surface area contributed by atoms with Crippen LogP contribution < -0.4 is 14.8 Å². The van der Waals surface area contributed by atoms with E-state index >= 15 is 0 Å². The second kappa shape index (κ2) is 7.97. The van der Waals surface area contributed by atoms with Crippen LogP contribution in [0.1, 0.15) is 20.9 Å². The lowest BCUT2D eigenvalue weighted by Gasteiger charge is -2.13. The molecule has 30 heavy (non-hydrogen) atoms. The number of halogens is 1. The van der Waals surface area contributed by atoms with Gasteiger partial charge in [0, 0.05) is 17.5 Å². The lowest BCUT2D eigenvalue weighted by atomic mass is 10.1. The molecule has 0 atom stereocenters. The van der Waals surface area contributed by atoms with Crippen LogP contribution in [0.15, 0.2) is 34.9 Å². The molecule has 0 aliphatic heterocycles. The van der Waals surface area contributed by atoms with Gasteiger partial charge in [-0.2, -0.15) is 0 Å². The molecule has 3 aromatic heterocycles. The highest BCUT2D eigenvalue weighted by molar-refractivity contribution is 7.20. The molecule has 7 nitrogen and oxygen atoms in total. The second-order valence-corrected chi connectivity index (χ2v) is 7.89. The smallest absolute Gasteiger partial charge is 0.266 e. The van der Waals surface area contributed by atoms with Gasteiger partial charge in [-0.05, 0) is 31.5 Å². The van der Waals surface area contributed by atoms with Gasteiger partial charge in [0.2, 0.25) is 0 Å². The number of thiophene rings is 1. The summed E-state index contributed by atoms with van der Waals surface area (Å²) in [5.74, 6) is 1.66. The molecule has 0 saturated heterocycles. The van der Waals surface area contributed by atoms with Crippen LogP contribution in [0.2, 0.25) is 5.02 Å². The van der Waals surface area contributed by atoms with E-state index < -0.39 is 0 Å². The molecule has 0 bridgehead atoms. The zero-order valence-corrected chi connectivity index (χ0v) is 18.3. The zero-order valence-electron chi connectivity index (χ0n) is 16.7. The Hall–Kier alpha value is -3.10. The van der Waals surface area contributed by atoms with Crippen molar-refractivity contribution in [3.8, 4) is 23.1 Å². The third kappa shape index (κ3) is 3.48. The molecule has 0 fully saturated rings. The Balaban J connectivity index is 1.74. The van der Waals surface area contributed by atoms with E-state index in [1.54, 1.807) is 30.5 Å². The average Bonchev–Trinajstić information content (AvgIpc) is 3.37. The fourth-order valence-corrected chi connectivity index (χ4v) is 4.57. The quantitative estimate of drug-likeness (QED) is 0.438. The van der Waals surface area contributed by atoms with E-state index in [9.17, 15) is 4.79 Å². The highest BCUT2D eigenvalue weighted by atomic mass is 35.5. The van der Waals surface area contributed by atoms with E-state index in [-0.39, 0.29) is 5.91 Å². The van der Waals surface area contributed by atoms with Crippen molar-refractivity contribution < 1.29 is 18.7 Å². The lowest BCUT2D eigenvalue weighted by Crippen LogP contribution is -2.12. The summed E-state index contributed by atoms with van der Waals surface area (Å²) in [4.78, 5) is 23.5. The maximum atomic E-state index is 13.1. The number of methoxy groups -OCH3 is 2. The van der Waals surface area contributed by atoms with Crippen molar-refractivity contribution in [2.75, 3.05) is 19.5 Å². The molecule has 9 heteroatoms. The Morgan fingerprint density at radius 3 is 2.60 bits per heavy atom. The largest absolute Gasteiger partial charge is 0.495 e. The van der Waals surface area contributed by atoms with Gasteiger partial charge in [0.1, 0.15) is 16.3 Å². The number of ether oxygens (including phenoxy) is 2. The van der Waals surface area contributed by atoms with Crippen LogP contribution in [0.4, 0.5) is 5.69 Å². The molecule has 1 aromatic carbocycles. The number of aryl methyl sites for hydroxylation is 2. The number of carbonyl (C=O) groups excluding carboxylic acids is 1. The Morgan fingerprint density at radius 2 is 1.93 bits per heavy atom. The van der Waals surface area contributed by atoms with Crippen LogP contribution in [-0.4, -0.2) is 30.1 Å². The van der Waals surface area contributed by atoms with E-state index in [2.05, 4.69) is 15.3 Å². The standard InChI is InChI=1S/C21H18ClN3O4S/c1-10-17-11(2)23-19(14-6-5-7-29-14)25-21(17)30-18(10)20(26)24-13-9-15(27-3)12(22)8-16(13)28-4/h5-9H,1-4H3,(H,24,26). The third-order valence-corrected chi connectivity index (χ3v) is 6.12. The highest BCUT2D eigenvalue weighted by Crippen LogP contribution is 2.38. The Labute approximate surface area is 181 Å². The zero-order chi connectivity index (χ0) is 21.4. The summed E-state index contributed by atoms with van der Waals surface area (Å²) in [7, 11) is 3.01. The molecule has 0 aliphatic carbocycles. The molecule has 154 valence electrons. The topological polar surface area (TPSA) is 86.5 Å². The Morgan fingerprint density at radius 1 is 1.17 bits per heavy atom. The van der Waals surface area contributed by atoms with Gasteiger partial charge in [-0.1, -0.05) is 11.6 Å². The number of aromatic nitrogens is 2. The predicted molar refractivity (Wildman–Crippen MR) is 117 cm³/mol. The summed E-state index contributed by atoms with van der Waals surface area (Å²) in [5.41, 5.74) is 2.06. The number of hydrogen-bond acceptors (Lipinski definition) is 7. The molecule has 0 aliphatic rings. The van der Waals surface area contributed by atoms with Gasteiger partial charge in [0.15, 0.2) is 11.6 Å². The van der Waals surface area contributed by atoms with E-state index in [4.69, 9.17) is 25.5 Å². The molecule has 0 saturated carbocycles. The lowest BCUT2D eigenvalue weighted by molar-refractivity contribution is 0.102. The molecule has 0 radical (unpaired) electrons. The van der Waals surface area contributed by atoms with Crippen molar-refractivity contribution in [2.45, 2.75) is 13.8 Å². The number of carbonyl (C=O) groups is 1. The fourth-order valence-electron chi connectivity index (χ4n) is 3.21. The summed E-state index contributed by atoms with van der Waals surface area (Å²) in [6.07, 6.45) is 1.57. The molecule has 4 aromatic rings. The minimum absolute atomic E-state index is 0.280. The van der Waals surface area contributed by atoms with E-state index in [1.807, 2.05) is 13.8 Å². The average molecular weight is 444 g/mol. The summed E-state index contributed by atoms with van der Waals surface area (Å²) >= 11 is 7.45. The highest BCUT2D eigenvalue weighted by Gasteiger charge is 2.21. The number of hydrogen-bond donors (Lipinski definition) is 1. The minimum atomic E-state index is -0.280. The van der Waals surface area contributed by atoms with Crippen LogP contribution in [0, 0.1) is 13.8 Å². The van der Waals surface area contributed by atoms with Crippen molar-refractivity contribution in [1.82, 2.24) is 9.97 Å². The second-order valence-electron chi connectivity index (χ2n) is 6.49. The number of nitrogens with one attached hydrogen (secondary N) is 1. The van der Waals surface area contributed by atoms with Crippen molar-refractivity contribution in [2.24, 2.45) is 0 Å². The SMILES string of the molecule is COc1cc(NC(=O)c2sc3nc(-c4ccco4)nc(C)c3c2C)c(OC)cc1Cl. The van der Waals surface area contributed by atoms with E-state index in [1.165, 1.54) is 25.6 Å². The molecule has 3 heterocycles. The van der Waals surface area contributed by atoms with Crippen LogP contribution in [0.3, 0.4) is 0 Å². The first-order valence-electron chi connectivity index (χ1n) is 8.97. The van der Waals surface area contributed by atoms with E-state index in [0.717, 1.165) is 21.5 Å². The number of rotatable bonds is 5. The summed E-state index contributed by atoms with van der Waals surface area (Å²) < 4.78 is 16.0. The molecule has 0 spiro atoms. The molecule has 0 unspecified atom stereocenters. The monoisotopic (exact) mass is 443 g/mol. The normalized spacial score (nSPS) is 11.0. The van der Waals surface area contributed by atoms with Gasteiger partial charge in [-0.3, -0.25) is 4.79 Å². The van der Waals surface area contributed by atoms with Crippen molar-refractivity contribution in [3.63, 3.8) is 0 Å². The van der Waals surface area contributed by atoms with Gasteiger partial charge in [-0.15, -0.1) is 11.3 Å². The first-order valence-corrected chi connectivity index (χ1v) is 10.2. The van der Waals surface area contributed by atoms with Crippen LogP contribution >= 0.6 is 22.9 Å². The minimum Gasteiger partial charge on any atom is -0.495 e. The van der Waals surface area contributed by atoms with Crippen molar-refractivity contribution in [3.05, 3.63) is 51.7 Å². The van der Waals surface area contributed by atoms with Gasteiger partial charge in [0.05, 0.1) is 41.8 Å². The molecular weight excluding hydrogens is 426 g/mol. The number of furan rings is 1. The first kappa shape index (κ1) is 20.2. The number of nitrogens with zero attached hydrogens (tertiary/aromatic N) is 2. The maximum absolute atomic E-state index is 13.1. The number of fused-ring (bicyclic) bond motifs is 1. The van der Waals surface area contributed by atoms with Gasteiger partial charge in [-0.25, -0.2) is 9.97 Å². The fraction of sp³-hybridized carbons (Fsp3) is 0.190. The van der Waals surface area contributed by atoms with Crippen molar-refractivity contribution >= 4 is 44.7 Å². The summed E-state index contributed by atoms with van der Waals surface area (Å²) in [5, 5.41) is 4.14. The van der Waals surface area contributed by atoms with Crippen LogP contribution in [-0.2, 0) is 0 Å². The molecule has 4 rings (SSSR count). The van der Waals surface area contributed by atoms with Crippen molar-refractivity contribution in [1.29, 1.82) is 0 Å². The first-order chi connectivity index (χ1) is 14.4. The summed E-state index contributed by atoms with van der Waals surface area (Å²) in [6.45, 7) is 3.78. The Bertz CT molecular complexity index is 1250. The van der Waals surface area contributed by atoms with Gasteiger partial charge < -0.3 is 19.2 Å². The molecular formula is C21H18ClN3O4S. The number of anilines is 1. The molecule has 1 amide bonds. The Kier molecular flexibility index (Phi) is 5.36. The molecule has 1 N–H and O–H groups in total. The van der Waals surface area contributed by atoms with Crippen LogP contribution in [0.5, 0.6) is 11.5 Å². The number of benzene rings is 1. The predicted octanol–water partition coefficient (Wildman–Crippen LogP) is 5.49. The summed E-state index contributed by atoms with van der Waals surface area (Å²) in [6, 6.07) is 6.81.